The number of unbranched alkanes of at least 4 members (excludes halogenated alkanes) is 24. The number of ether oxygens (including phenoxy) is 2. The van der Waals surface area contributed by atoms with Crippen LogP contribution in [0.5, 0.6) is 0 Å². The number of amides is 1. The summed E-state index contributed by atoms with van der Waals surface area (Å²) in [6.07, 6.45) is 93.3. The van der Waals surface area contributed by atoms with E-state index in [2.05, 4.69) is 165 Å². The van der Waals surface area contributed by atoms with Gasteiger partial charge in [-0.3, -0.25) is 4.79 Å². The van der Waals surface area contributed by atoms with Crippen molar-refractivity contribution in [2.75, 3.05) is 13.2 Å². The Bertz CT molecular complexity index is 1920. The van der Waals surface area contributed by atoms with Gasteiger partial charge in [-0.1, -0.05) is 300 Å². The number of carbonyl (C=O) groups excluding carboxylic acids is 1. The van der Waals surface area contributed by atoms with Gasteiger partial charge in [0.2, 0.25) is 5.91 Å². The fourth-order valence-corrected chi connectivity index (χ4v) is 9.94. The van der Waals surface area contributed by atoms with E-state index >= 15 is 0 Å². The first-order valence-electron chi connectivity index (χ1n) is 34.7. The molecule has 1 heterocycles. The van der Waals surface area contributed by atoms with E-state index < -0.39 is 49.5 Å². The number of aliphatic hydroxyl groups excluding tert-OH is 5. The number of hydrogen-bond acceptors (Lipinski definition) is 8. The summed E-state index contributed by atoms with van der Waals surface area (Å²) < 4.78 is 11.3. The van der Waals surface area contributed by atoms with Gasteiger partial charge >= 0.3 is 0 Å². The van der Waals surface area contributed by atoms with Crippen molar-refractivity contribution in [2.45, 2.75) is 307 Å². The average molecular weight is 1190 g/mol. The minimum Gasteiger partial charge on any atom is -0.394 e. The van der Waals surface area contributed by atoms with E-state index in [1.54, 1.807) is 6.08 Å². The van der Waals surface area contributed by atoms with Crippen LogP contribution in [0.1, 0.15) is 264 Å². The maximum atomic E-state index is 13.1. The first-order chi connectivity index (χ1) is 42.3. The Labute approximate surface area is 526 Å². The van der Waals surface area contributed by atoms with Crippen molar-refractivity contribution >= 4 is 5.91 Å². The zero-order valence-electron chi connectivity index (χ0n) is 54.5. The summed E-state index contributed by atoms with van der Waals surface area (Å²) >= 11 is 0. The third-order valence-electron chi connectivity index (χ3n) is 15.3. The highest BCUT2D eigenvalue weighted by molar-refractivity contribution is 5.76. The van der Waals surface area contributed by atoms with Crippen molar-refractivity contribution in [1.29, 1.82) is 0 Å². The number of allylic oxidation sites excluding steroid dienone is 25. The normalized spacial score (nSPS) is 19.1. The van der Waals surface area contributed by atoms with Gasteiger partial charge in [0.05, 0.1) is 25.4 Å². The molecule has 7 atom stereocenters. The van der Waals surface area contributed by atoms with Crippen LogP contribution >= 0.6 is 0 Å². The van der Waals surface area contributed by atoms with Gasteiger partial charge in [0.1, 0.15) is 24.4 Å². The van der Waals surface area contributed by atoms with Crippen molar-refractivity contribution < 1.29 is 39.8 Å². The molecule has 1 amide bonds. The molecule has 1 rings (SSSR count). The average Bonchev–Trinajstić information content (AvgIpc) is 3.55. The molecule has 6 N–H and O–H groups in total. The molecule has 0 aliphatic carbocycles. The lowest BCUT2D eigenvalue weighted by molar-refractivity contribution is -0.302. The van der Waals surface area contributed by atoms with Crippen molar-refractivity contribution in [1.82, 2.24) is 5.32 Å². The van der Waals surface area contributed by atoms with E-state index in [1.165, 1.54) is 116 Å². The molecule has 9 nitrogen and oxygen atoms in total. The molecule has 0 bridgehead atoms. The van der Waals surface area contributed by atoms with Crippen LogP contribution < -0.4 is 5.32 Å². The topological polar surface area (TPSA) is 149 Å². The lowest BCUT2D eigenvalue weighted by atomic mass is 9.99. The minimum absolute atomic E-state index is 0.210. The molecule has 1 saturated heterocycles. The zero-order chi connectivity index (χ0) is 62.1. The molecule has 86 heavy (non-hydrogen) atoms. The molecule has 0 radical (unpaired) electrons. The Morgan fingerprint density at radius 3 is 1.12 bits per heavy atom. The Kier molecular flexibility index (Phi) is 59.2. The number of hydrogen-bond donors (Lipinski definition) is 6. The highest BCUT2D eigenvalue weighted by atomic mass is 16.7. The van der Waals surface area contributed by atoms with Crippen LogP contribution in [-0.2, 0) is 14.3 Å². The summed E-state index contributed by atoms with van der Waals surface area (Å²) in [5, 5.41) is 54.7. The van der Waals surface area contributed by atoms with Gasteiger partial charge in [-0.05, 0) is 116 Å². The summed E-state index contributed by atoms with van der Waals surface area (Å²) in [6.45, 7) is 3.65. The van der Waals surface area contributed by atoms with Gasteiger partial charge < -0.3 is 40.3 Å². The third-order valence-corrected chi connectivity index (χ3v) is 15.3. The fourth-order valence-electron chi connectivity index (χ4n) is 9.94. The fraction of sp³-hybridized carbons (Fsp3) is 0.649. The first-order valence-corrected chi connectivity index (χ1v) is 34.7. The van der Waals surface area contributed by atoms with Crippen LogP contribution in [0.2, 0.25) is 0 Å². The van der Waals surface area contributed by atoms with E-state index in [0.29, 0.717) is 6.42 Å². The Morgan fingerprint density at radius 1 is 0.407 bits per heavy atom. The summed E-state index contributed by atoms with van der Waals surface area (Å²) in [7, 11) is 0. The number of carbonyl (C=O) groups is 1. The van der Waals surface area contributed by atoms with E-state index in [0.717, 1.165) is 128 Å². The second-order valence-electron chi connectivity index (χ2n) is 23.2. The summed E-state index contributed by atoms with van der Waals surface area (Å²) in [4.78, 5) is 13.1. The SMILES string of the molecule is CC/C=C\C/C=C\C/C=C\C/C=C\C/C=C\C/C=C\C/C=C\C/C=C\C/C=C\C/C=C\C/C=C\CCCCCCCC(=O)NC(COC1OC(CO)C(O)C(O)C1O)C(O)/C=C/CC/C=C/CCCCCCCCCCCCCCCCCCCC. The lowest BCUT2D eigenvalue weighted by Gasteiger charge is -2.40. The predicted octanol–water partition coefficient (Wildman–Crippen LogP) is 19.1. The van der Waals surface area contributed by atoms with Crippen molar-refractivity contribution in [3.8, 4) is 0 Å². The second-order valence-corrected chi connectivity index (χ2v) is 23.2. The van der Waals surface area contributed by atoms with Crippen LogP contribution in [0.4, 0.5) is 0 Å². The standard InChI is InChI=1S/C77H127NO8/c1-3-5-7-9-11-13-15-17-19-21-23-25-27-29-30-31-32-33-34-35-36-37-38-39-40-41-42-43-45-47-49-51-53-55-57-59-61-63-65-67-73(81)78-70(69-85-77-76(84)75(83)74(82)72(68-79)86-77)71(80)66-64-62-60-58-56-54-52-50-48-46-44-28-26-24-22-20-18-16-14-12-10-8-6-4-2/h5,7,11,13,17,19,23,25,29-30,32-33,35-36,38-39,41-42,45,47,51,53,56,58,64,66,70-72,74-77,79-80,82-84H,3-4,6,8-10,12,14-16,18,20-22,24,26-28,31,34,37,40,43-44,46,48-50,52,54-55,57,59-63,65,67-69H2,1-2H3,(H,78,81)/b7-5-,13-11-,19-17-,25-23-,30-29-,33-32-,36-35-,39-38-,42-41-,47-45-,53-51-,58-56+,66-64+. The second kappa shape index (κ2) is 63.8. The van der Waals surface area contributed by atoms with E-state index in [-0.39, 0.29) is 12.5 Å². The lowest BCUT2D eigenvalue weighted by Crippen LogP contribution is -2.60. The molecule has 0 aromatic rings. The third kappa shape index (κ3) is 51.8. The van der Waals surface area contributed by atoms with Gasteiger partial charge in [0.15, 0.2) is 6.29 Å². The van der Waals surface area contributed by atoms with Gasteiger partial charge in [0, 0.05) is 6.42 Å². The monoisotopic (exact) mass is 1190 g/mol. The number of rotatable bonds is 58. The largest absolute Gasteiger partial charge is 0.394 e. The number of aliphatic hydroxyl groups is 5. The van der Waals surface area contributed by atoms with E-state index in [9.17, 15) is 30.3 Å². The molecule has 1 aliphatic rings. The van der Waals surface area contributed by atoms with Crippen LogP contribution in [0.3, 0.4) is 0 Å². The highest BCUT2D eigenvalue weighted by Crippen LogP contribution is 2.23. The Morgan fingerprint density at radius 2 is 0.733 bits per heavy atom. The first kappa shape index (κ1) is 79.8. The van der Waals surface area contributed by atoms with Crippen molar-refractivity contribution in [3.05, 3.63) is 158 Å². The van der Waals surface area contributed by atoms with Crippen molar-refractivity contribution in [2.24, 2.45) is 0 Å². The smallest absolute Gasteiger partial charge is 0.220 e. The Hall–Kier alpha value is -4.19. The van der Waals surface area contributed by atoms with Gasteiger partial charge in [-0.15, -0.1) is 0 Å². The number of nitrogens with one attached hydrogen (secondary N) is 1. The summed E-state index contributed by atoms with van der Waals surface area (Å²) in [5.41, 5.74) is 0. The van der Waals surface area contributed by atoms with Crippen LogP contribution in [-0.4, -0.2) is 87.5 Å². The molecule has 1 aliphatic heterocycles. The van der Waals surface area contributed by atoms with Crippen LogP contribution in [0, 0.1) is 0 Å². The summed E-state index contributed by atoms with van der Waals surface area (Å²) in [5.74, 6) is -0.210. The Balaban J connectivity index is 2.21. The van der Waals surface area contributed by atoms with E-state index in [1.807, 2.05) is 6.08 Å². The molecular formula is C77H127NO8. The molecule has 1 fully saturated rings. The molecule has 0 spiro atoms. The quantitative estimate of drug-likeness (QED) is 0.0261. The summed E-state index contributed by atoms with van der Waals surface area (Å²) in [6, 6.07) is -0.846. The van der Waals surface area contributed by atoms with Crippen molar-refractivity contribution in [3.63, 3.8) is 0 Å². The molecule has 0 aromatic carbocycles. The molecular weight excluding hydrogens is 1070 g/mol. The molecule has 7 unspecified atom stereocenters. The van der Waals surface area contributed by atoms with Gasteiger partial charge in [-0.25, -0.2) is 0 Å². The maximum absolute atomic E-state index is 13.1. The van der Waals surface area contributed by atoms with Crippen LogP contribution in [0.25, 0.3) is 0 Å². The van der Waals surface area contributed by atoms with E-state index in [4.69, 9.17) is 9.47 Å². The zero-order valence-corrected chi connectivity index (χ0v) is 54.5. The van der Waals surface area contributed by atoms with Crippen LogP contribution in [0.15, 0.2) is 158 Å². The highest BCUT2D eigenvalue weighted by Gasteiger charge is 2.44. The molecule has 9 heteroatoms. The molecule has 488 valence electrons. The van der Waals surface area contributed by atoms with Gasteiger partial charge in [0.25, 0.3) is 0 Å². The molecule has 0 saturated carbocycles. The maximum Gasteiger partial charge on any atom is 0.220 e. The molecule has 0 aromatic heterocycles. The van der Waals surface area contributed by atoms with Gasteiger partial charge in [-0.2, -0.15) is 0 Å². The minimum atomic E-state index is -1.59. The predicted molar refractivity (Wildman–Crippen MR) is 368 cm³/mol.